The molecule has 0 saturated heterocycles. The first kappa shape index (κ1) is 19.0. The van der Waals surface area contributed by atoms with E-state index >= 15 is 0 Å². The van der Waals surface area contributed by atoms with E-state index in [1.807, 2.05) is 0 Å². The fourth-order valence-electron chi connectivity index (χ4n) is 2.02. The van der Waals surface area contributed by atoms with Crippen LogP contribution in [0.1, 0.15) is 11.1 Å². The monoisotopic (exact) mass is 377 g/mol. The van der Waals surface area contributed by atoms with Crippen molar-refractivity contribution in [1.29, 1.82) is 0 Å². The van der Waals surface area contributed by atoms with Crippen molar-refractivity contribution in [2.75, 3.05) is 17.1 Å². The first-order chi connectivity index (χ1) is 11.6. The van der Waals surface area contributed by atoms with E-state index in [4.69, 9.17) is 4.74 Å². The van der Waals surface area contributed by atoms with Crippen molar-refractivity contribution < 1.29 is 30.7 Å². The van der Waals surface area contributed by atoms with Gasteiger partial charge in [-0.2, -0.15) is 13.2 Å². The maximum absolute atomic E-state index is 12.9. The topological polar surface area (TPSA) is 55.4 Å². The minimum absolute atomic E-state index is 0.00455. The van der Waals surface area contributed by atoms with Gasteiger partial charge in [0.1, 0.15) is 23.9 Å². The lowest BCUT2D eigenvalue weighted by atomic mass is 10.1. The minimum Gasteiger partial charge on any atom is -0.492 e. The number of benzene rings is 2. The summed E-state index contributed by atoms with van der Waals surface area (Å²) in [6, 6.07) is 8.18. The summed E-state index contributed by atoms with van der Waals surface area (Å²) in [6.45, 7) is 1.05. The lowest BCUT2D eigenvalue weighted by Crippen LogP contribution is -2.21. The highest BCUT2D eigenvalue weighted by Crippen LogP contribution is 2.33. The number of hydrogen-bond acceptors (Lipinski definition) is 3. The average Bonchev–Trinajstić information content (AvgIpc) is 2.50. The molecule has 0 aliphatic rings. The average molecular weight is 377 g/mol. The van der Waals surface area contributed by atoms with Crippen LogP contribution in [0.15, 0.2) is 42.5 Å². The third kappa shape index (κ3) is 5.63. The number of anilines is 1. The van der Waals surface area contributed by atoms with E-state index in [0.29, 0.717) is 0 Å². The van der Waals surface area contributed by atoms with Crippen LogP contribution in [-0.2, 0) is 16.2 Å². The van der Waals surface area contributed by atoms with Crippen molar-refractivity contribution in [2.24, 2.45) is 0 Å². The van der Waals surface area contributed by atoms with Gasteiger partial charge in [-0.15, -0.1) is 0 Å². The van der Waals surface area contributed by atoms with Gasteiger partial charge in [0, 0.05) is 5.69 Å². The highest BCUT2D eigenvalue weighted by molar-refractivity contribution is 7.92. The largest absolute Gasteiger partial charge is 0.492 e. The molecule has 0 bridgehead atoms. The SMILES string of the molecule is Cc1ccc(NS(=O)(=O)CCOc2ccc(F)cc2)cc1C(F)(F)F. The van der Waals surface area contributed by atoms with E-state index in [2.05, 4.69) is 4.72 Å². The van der Waals surface area contributed by atoms with Gasteiger partial charge in [-0.1, -0.05) is 6.07 Å². The smallest absolute Gasteiger partial charge is 0.416 e. The standard InChI is InChI=1S/C16H15F4NO3S/c1-11-2-5-13(10-15(11)16(18,19)20)21-25(22,23)9-8-24-14-6-3-12(17)4-7-14/h2-7,10,21H,8-9H2,1H3. The quantitative estimate of drug-likeness (QED) is 0.775. The van der Waals surface area contributed by atoms with Gasteiger partial charge in [-0.05, 0) is 48.9 Å². The molecule has 0 spiro atoms. The van der Waals surface area contributed by atoms with Crippen molar-refractivity contribution >= 4 is 15.7 Å². The molecule has 0 aromatic heterocycles. The Morgan fingerprint density at radius 3 is 2.32 bits per heavy atom. The van der Waals surface area contributed by atoms with Gasteiger partial charge in [0.05, 0.1) is 5.56 Å². The van der Waals surface area contributed by atoms with Crippen molar-refractivity contribution in [3.8, 4) is 5.75 Å². The fraction of sp³-hybridized carbons (Fsp3) is 0.250. The zero-order chi connectivity index (χ0) is 18.7. The van der Waals surface area contributed by atoms with Crippen molar-refractivity contribution in [3.63, 3.8) is 0 Å². The van der Waals surface area contributed by atoms with Gasteiger partial charge in [0.15, 0.2) is 0 Å². The number of halogens is 4. The molecule has 0 unspecified atom stereocenters. The van der Waals surface area contributed by atoms with Gasteiger partial charge in [0.2, 0.25) is 10.0 Å². The molecule has 2 aromatic carbocycles. The number of ether oxygens (including phenoxy) is 1. The molecular formula is C16H15F4NO3S. The van der Waals surface area contributed by atoms with Gasteiger partial charge in [-0.25, -0.2) is 12.8 Å². The zero-order valence-corrected chi connectivity index (χ0v) is 13.9. The first-order valence-electron chi connectivity index (χ1n) is 7.13. The second kappa shape index (κ2) is 7.30. The summed E-state index contributed by atoms with van der Waals surface area (Å²) in [5.41, 5.74) is -1.09. The van der Waals surface area contributed by atoms with Crippen LogP contribution in [-0.4, -0.2) is 20.8 Å². The number of alkyl halides is 3. The first-order valence-corrected chi connectivity index (χ1v) is 8.79. The summed E-state index contributed by atoms with van der Waals surface area (Å²) in [5, 5.41) is 0. The lowest BCUT2D eigenvalue weighted by molar-refractivity contribution is -0.138. The molecule has 9 heteroatoms. The molecule has 0 radical (unpaired) electrons. The maximum Gasteiger partial charge on any atom is 0.416 e. The summed E-state index contributed by atoms with van der Waals surface area (Å²) in [7, 11) is -3.90. The molecule has 0 heterocycles. The van der Waals surface area contributed by atoms with Crippen LogP contribution < -0.4 is 9.46 Å². The molecule has 0 aliphatic carbocycles. The van der Waals surface area contributed by atoms with E-state index in [-0.39, 0.29) is 23.6 Å². The van der Waals surface area contributed by atoms with E-state index in [9.17, 15) is 26.0 Å². The molecule has 0 amide bonds. The Balaban J connectivity index is 2.00. The number of aryl methyl sites for hydroxylation is 1. The summed E-state index contributed by atoms with van der Waals surface area (Å²) < 4.78 is 82.5. The predicted molar refractivity (Wildman–Crippen MR) is 85.5 cm³/mol. The van der Waals surface area contributed by atoms with Crippen LogP contribution in [0.2, 0.25) is 0 Å². The van der Waals surface area contributed by atoms with Crippen LogP contribution in [0.5, 0.6) is 5.75 Å². The Kier molecular flexibility index (Phi) is 5.56. The molecule has 136 valence electrons. The third-order valence-corrected chi connectivity index (χ3v) is 4.50. The van der Waals surface area contributed by atoms with Gasteiger partial charge in [0.25, 0.3) is 0 Å². The van der Waals surface area contributed by atoms with Crippen LogP contribution in [0.25, 0.3) is 0 Å². The molecule has 1 N–H and O–H groups in total. The van der Waals surface area contributed by atoms with E-state index in [1.54, 1.807) is 0 Å². The highest BCUT2D eigenvalue weighted by atomic mass is 32.2. The number of rotatable bonds is 6. The van der Waals surface area contributed by atoms with Crippen LogP contribution in [0, 0.1) is 12.7 Å². The van der Waals surface area contributed by atoms with E-state index in [0.717, 1.165) is 18.2 Å². The van der Waals surface area contributed by atoms with Crippen molar-refractivity contribution in [3.05, 3.63) is 59.4 Å². The molecule has 2 aromatic rings. The van der Waals surface area contributed by atoms with Gasteiger partial charge < -0.3 is 4.74 Å². The Bertz CT molecular complexity index is 833. The summed E-state index contributed by atoms with van der Waals surface area (Å²) in [5.74, 6) is -0.646. The van der Waals surface area contributed by atoms with Crippen molar-refractivity contribution in [2.45, 2.75) is 13.1 Å². The van der Waals surface area contributed by atoms with Gasteiger partial charge in [-0.3, -0.25) is 4.72 Å². The predicted octanol–water partition coefficient (Wildman–Crippen LogP) is 3.97. The number of sulfonamides is 1. The Labute approximate surface area is 142 Å². The molecule has 0 aliphatic heterocycles. The third-order valence-electron chi connectivity index (χ3n) is 3.25. The number of hydrogen-bond donors (Lipinski definition) is 1. The van der Waals surface area contributed by atoms with Crippen LogP contribution in [0.3, 0.4) is 0 Å². The Morgan fingerprint density at radius 2 is 1.72 bits per heavy atom. The normalized spacial score (nSPS) is 12.0. The number of nitrogens with one attached hydrogen (secondary N) is 1. The van der Waals surface area contributed by atoms with E-state index < -0.39 is 33.3 Å². The molecule has 4 nitrogen and oxygen atoms in total. The minimum atomic E-state index is -4.57. The lowest BCUT2D eigenvalue weighted by Gasteiger charge is -2.14. The summed E-state index contributed by atoms with van der Waals surface area (Å²) >= 11 is 0. The van der Waals surface area contributed by atoms with Crippen LogP contribution in [0.4, 0.5) is 23.2 Å². The van der Waals surface area contributed by atoms with Gasteiger partial charge >= 0.3 is 6.18 Å². The van der Waals surface area contributed by atoms with Crippen molar-refractivity contribution in [1.82, 2.24) is 0 Å². The maximum atomic E-state index is 12.9. The fourth-order valence-corrected chi connectivity index (χ4v) is 2.91. The Morgan fingerprint density at radius 1 is 1.08 bits per heavy atom. The zero-order valence-electron chi connectivity index (χ0n) is 13.1. The second-order valence-electron chi connectivity index (χ2n) is 5.25. The molecule has 0 saturated carbocycles. The molecule has 0 atom stereocenters. The van der Waals surface area contributed by atoms with Crippen LogP contribution >= 0.6 is 0 Å². The highest BCUT2D eigenvalue weighted by Gasteiger charge is 2.32. The summed E-state index contributed by atoms with van der Waals surface area (Å²) in [4.78, 5) is 0. The molecule has 2 rings (SSSR count). The molecule has 25 heavy (non-hydrogen) atoms. The second-order valence-corrected chi connectivity index (χ2v) is 7.09. The Hall–Kier alpha value is -2.29. The van der Waals surface area contributed by atoms with E-state index in [1.165, 1.54) is 31.2 Å². The molecular weight excluding hydrogens is 362 g/mol. The molecule has 0 fully saturated rings. The summed E-state index contributed by atoms with van der Waals surface area (Å²) in [6.07, 6.45) is -4.57.